The molecule has 4 aromatic carbocycles. The molecule has 0 atom stereocenters. The number of nitrogens with zero attached hydrogens (tertiary/aromatic N) is 3. The van der Waals surface area contributed by atoms with Gasteiger partial charge in [-0.15, -0.1) is 0 Å². The summed E-state index contributed by atoms with van der Waals surface area (Å²) in [5.41, 5.74) is 8.90. The molecule has 0 saturated carbocycles. The standard InChI is InChI=1S/C30H21N3/c1-21-7-11-27(12-8-21)30-32-28(25-5-3-2-4-6-25)19-29(33-30)26-17-15-24(16-18-26)23-13-9-22(20-31)10-14-23/h2-19H,1H3. The number of benzene rings is 4. The molecule has 0 bridgehead atoms. The van der Waals surface area contributed by atoms with Gasteiger partial charge in [0.2, 0.25) is 0 Å². The Morgan fingerprint density at radius 3 is 1.61 bits per heavy atom. The van der Waals surface area contributed by atoms with Gasteiger partial charge < -0.3 is 0 Å². The van der Waals surface area contributed by atoms with Gasteiger partial charge in [0.25, 0.3) is 0 Å². The first-order valence-corrected chi connectivity index (χ1v) is 10.8. The number of aryl methyl sites for hydroxylation is 1. The van der Waals surface area contributed by atoms with Gasteiger partial charge in [0.1, 0.15) is 0 Å². The van der Waals surface area contributed by atoms with Gasteiger partial charge in [0.15, 0.2) is 5.82 Å². The maximum absolute atomic E-state index is 9.02. The van der Waals surface area contributed by atoms with Crippen LogP contribution in [0.25, 0.3) is 45.0 Å². The first-order chi connectivity index (χ1) is 16.2. The molecule has 5 rings (SSSR count). The van der Waals surface area contributed by atoms with E-state index in [4.69, 9.17) is 15.2 Å². The van der Waals surface area contributed by atoms with Crippen molar-refractivity contribution in [2.24, 2.45) is 0 Å². The second kappa shape index (κ2) is 8.90. The van der Waals surface area contributed by atoms with Crippen molar-refractivity contribution in [1.29, 1.82) is 5.26 Å². The van der Waals surface area contributed by atoms with E-state index < -0.39 is 0 Å². The highest BCUT2D eigenvalue weighted by Crippen LogP contribution is 2.29. The summed E-state index contributed by atoms with van der Waals surface area (Å²) in [4.78, 5) is 9.78. The summed E-state index contributed by atoms with van der Waals surface area (Å²) in [6.45, 7) is 2.08. The number of rotatable bonds is 4. The Balaban J connectivity index is 1.57. The molecular weight excluding hydrogens is 402 g/mol. The van der Waals surface area contributed by atoms with Crippen molar-refractivity contribution in [2.45, 2.75) is 6.92 Å². The molecule has 0 aliphatic carbocycles. The fourth-order valence-corrected chi connectivity index (χ4v) is 3.75. The predicted molar refractivity (Wildman–Crippen MR) is 133 cm³/mol. The second-order valence-corrected chi connectivity index (χ2v) is 7.96. The molecule has 3 heteroatoms. The molecule has 0 spiro atoms. The molecule has 0 unspecified atom stereocenters. The monoisotopic (exact) mass is 423 g/mol. The van der Waals surface area contributed by atoms with Gasteiger partial charge in [-0.3, -0.25) is 0 Å². The smallest absolute Gasteiger partial charge is 0.160 e. The van der Waals surface area contributed by atoms with Crippen LogP contribution < -0.4 is 0 Å². The van der Waals surface area contributed by atoms with Crippen LogP contribution in [0.4, 0.5) is 0 Å². The van der Waals surface area contributed by atoms with E-state index >= 15 is 0 Å². The third kappa shape index (κ3) is 4.42. The summed E-state index contributed by atoms with van der Waals surface area (Å²) >= 11 is 0. The lowest BCUT2D eigenvalue weighted by Gasteiger charge is -2.10. The Bertz CT molecular complexity index is 1430. The van der Waals surface area contributed by atoms with Crippen molar-refractivity contribution < 1.29 is 0 Å². The van der Waals surface area contributed by atoms with Crippen molar-refractivity contribution in [3.63, 3.8) is 0 Å². The average Bonchev–Trinajstić information content (AvgIpc) is 2.89. The third-order valence-corrected chi connectivity index (χ3v) is 5.63. The van der Waals surface area contributed by atoms with E-state index in [1.54, 1.807) is 0 Å². The highest BCUT2D eigenvalue weighted by atomic mass is 14.9. The van der Waals surface area contributed by atoms with Crippen LogP contribution in [-0.4, -0.2) is 9.97 Å². The summed E-state index contributed by atoms with van der Waals surface area (Å²) in [5.74, 6) is 0.711. The first-order valence-electron chi connectivity index (χ1n) is 10.8. The molecule has 0 saturated heterocycles. The number of aromatic nitrogens is 2. The topological polar surface area (TPSA) is 49.6 Å². The summed E-state index contributed by atoms with van der Waals surface area (Å²) in [7, 11) is 0. The predicted octanol–water partition coefficient (Wildman–Crippen LogP) is 7.32. The fraction of sp³-hybridized carbons (Fsp3) is 0.0333. The van der Waals surface area contributed by atoms with Crippen molar-refractivity contribution in [3.05, 3.63) is 120 Å². The summed E-state index contributed by atoms with van der Waals surface area (Å²) < 4.78 is 0. The zero-order valence-electron chi connectivity index (χ0n) is 18.2. The van der Waals surface area contributed by atoms with Gasteiger partial charge in [-0.1, -0.05) is 96.6 Å². The largest absolute Gasteiger partial charge is 0.228 e. The minimum Gasteiger partial charge on any atom is -0.228 e. The minimum atomic E-state index is 0.661. The van der Waals surface area contributed by atoms with Gasteiger partial charge in [-0.2, -0.15) is 5.26 Å². The van der Waals surface area contributed by atoms with Crippen molar-refractivity contribution in [2.75, 3.05) is 0 Å². The van der Waals surface area contributed by atoms with Crippen LogP contribution in [-0.2, 0) is 0 Å². The van der Waals surface area contributed by atoms with Crippen LogP contribution in [0.2, 0.25) is 0 Å². The first kappa shape index (κ1) is 20.4. The van der Waals surface area contributed by atoms with Crippen LogP contribution >= 0.6 is 0 Å². The maximum atomic E-state index is 9.02. The highest BCUT2D eigenvalue weighted by molar-refractivity contribution is 5.74. The lowest BCUT2D eigenvalue weighted by molar-refractivity contribution is 1.18. The number of hydrogen-bond donors (Lipinski definition) is 0. The van der Waals surface area contributed by atoms with E-state index in [1.807, 2.05) is 48.5 Å². The van der Waals surface area contributed by atoms with E-state index in [-0.39, 0.29) is 0 Å². The second-order valence-electron chi connectivity index (χ2n) is 7.96. The zero-order valence-corrected chi connectivity index (χ0v) is 18.2. The quantitative estimate of drug-likeness (QED) is 0.304. The third-order valence-electron chi connectivity index (χ3n) is 5.63. The molecule has 0 aliphatic heterocycles. The van der Waals surface area contributed by atoms with Crippen LogP contribution in [0, 0.1) is 18.3 Å². The Labute approximate surface area is 193 Å². The molecule has 0 fully saturated rings. The number of hydrogen-bond acceptors (Lipinski definition) is 3. The van der Waals surface area contributed by atoms with Gasteiger partial charge in [0.05, 0.1) is 23.0 Å². The molecule has 33 heavy (non-hydrogen) atoms. The normalized spacial score (nSPS) is 10.5. The van der Waals surface area contributed by atoms with Crippen LogP contribution in [0.1, 0.15) is 11.1 Å². The molecule has 0 N–H and O–H groups in total. The molecular formula is C30H21N3. The van der Waals surface area contributed by atoms with E-state index in [1.165, 1.54) is 5.56 Å². The van der Waals surface area contributed by atoms with Crippen molar-refractivity contribution in [1.82, 2.24) is 9.97 Å². The van der Waals surface area contributed by atoms with Gasteiger partial charge in [-0.25, -0.2) is 9.97 Å². The summed E-state index contributed by atoms with van der Waals surface area (Å²) in [6, 6.07) is 38.7. The Kier molecular flexibility index (Phi) is 5.49. The van der Waals surface area contributed by atoms with Crippen LogP contribution in [0.3, 0.4) is 0 Å². The minimum absolute atomic E-state index is 0.661. The maximum Gasteiger partial charge on any atom is 0.160 e. The van der Waals surface area contributed by atoms with Crippen molar-refractivity contribution in [3.8, 4) is 51.1 Å². The molecule has 5 aromatic rings. The number of nitriles is 1. The van der Waals surface area contributed by atoms with Crippen LogP contribution in [0.5, 0.6) is 0 Å². The molecule has 1 aromatic heterocycles. The summed E-state index contributed by atoms with van der Waals surface area (Å²) in [5, 5.41) is 9.02. The average molecular weight is 424 g/mol. The van der Waals surface area contributed by atoms with Gasteiger partial charge in [0, 0.05) is 16.7 Å². The van der Waals surface area contributed by atoms with Gasteiger partial charge in [-0.05, 0) is 36.2 Å². The Morgan fingerprint density at radius 2 is 1.03 bits per heavy atom. The van der Waals surface area contributed by atoms with E-state index in [0.29, 0.717) is 11.4 Å². The Morgan fingerprint density at radius 1 is 0.545 bits per heavy atom. The van der Waals surface area contributed by atoms with Gasteiger partial charge >= 0.3 is 0 Å². The van der Waals surface area contributed by atoms with E-state index in [0.717, 1.165) is 39.2 Å². The highest BCUT2D eigenvalue weighted by Gasteiger charge is 2.11. The molecule has 0 radical (unpaired) electrons. The lowest BCUT2D eigenvalue weighted by Crippen LogP contribution is -1.96. The van der Waals surface area contributed by atoms with E-state index in [9.17, 15) is 0 Å². The molecule has 0 amide bonds. The lowest BCUT2D eigenvalue weighted by atomic mass is 10.0. The van der Waals surface area contributed by atoms with Crippen molar-refractivity contribution >= 4 is 0 Å². The molecule has 1 heterocycles. The van der Waals surface area contributed by atoms with Crippen LogP contribution in [0.15, 0.2) is 109 Å². The molecule has 3 nitrogen and oxygen atoms in total. The summed E-state index contributed by atoms with van der Waals surface area (Å²) in [6.07, 6.45) is 0. The molecule has 0 aliphatic rings. The fourth-order valence-electron chi connectivity index (χ4n) is 3.75. The SMILES string of the molecule is Cc1ccc(-c2nc(-c3ccccc3)cc(-c3ccc(-c4ccc(C#N)cc4)cc3)n2)cc1. The Hall–Kier alpha value is -4.55. The zero-order chi connectivity index (χ0) is 22.6. The van der Waals surface area contributed by atoms with E-state index in [2.05, 4.69) is 73.7 Å². The molecule has 156 valence electrons.